The van der Waals surface area contributed by atoms with Crippen LogP contribution in [-0.4, -0.2) is 62.2 Å². The van der Waals surface area contributed by atoms with Crippen LogP contribution >= 0.6 is 11.6 Å². The van der Waals surface area contributed by atoms with Crippen LogP contribution in [0.5, 0.6) is 0 Å². The molecule has 2 aromatic rings. The number of anilines is 1. The molecule has 2 amide bonds. The molecule has 2 rings (SSSR count). The molecule has 33 heavy (non-hydrogen) atoms. The standard InChI is InChI=1S/C23H31ClN4O4S/c1-17(2)25-23(30)18(3)27(15-19-10-9-11-20(24)14-19)22(29)16-28(33(31,32)26(4)5)21-12-7-6-8-13-21/h6-14,17-18H,15-16H2,1-5H3,(H,25,30). The maximum absolute atomic E-state index is 13.5. The second kappa shape index (κ2) is 11.5. The molecule has 1 N–H and O–H groups in total. The van der Waals surface area contributed by atoms with E-state index < -0.39 is 28.7 Å². The van der Waals surface area contributed by atoms with Gasteiger partial charge in [-0.3, -0.25) is 9.59 Å². The fourth-order valence-corrected chi connectivity index (χ4v) is 4.40. The van der Waals surface area contributed by atoms with Crippen LogP contribution in [0.4, 0.5) is 5.69 Å². The molecule has 0 spiro atoms. The van der Waals surface area contributed by atoms with Crippen molar-refractivity contribution in [1.82, 2.24) is 14.5 Å². The molecular weight excluding hydrogens is 464 g/mol. The van der Waals surface area contributed by atoms with Crippen molar-refractivity contribution in [3.05, 3.63) is 65.2 Å². The molecule has 1 atom stereocenters. The number of nitrogens with zero attached hydrogens (tertiary/aromatic N) is 3. The third-order valence-corrected chi connectivity index (χ3v) is 6.96. The van der Waals surface area contributed by atoms with E-state index in [-0.39, 0.29) is 18.5 Å². The summed E-state index contributed by atoms with van der Waals surface area (Å²) < 4.78 is 28.1. The SMILES string of the molecule is CC(C)NC(=O)C(C)N(Cc1cccc(Cl)c1)C(=O)CN(c1ccccc1)S(=O)(=O)N(C)C. The van der Waals surface area contributed by atoms with E-state index in [1.807, 2.05) is 13.8 Å². The number of hydrogen-bond donors (Lipinski definition) is 1. The van der Waals surface area contributed by atoms with Crippen molar-refractivity contribution in [3.63, 3.8) is 0 Å². The molecule has 0 aliphatic heterocycles. The third-order valence-electron chi connectivity index (χ3n) is 4.90. The van der Waals surface area contributed by atoms with Crippen LogP contribution in [0, 0.1) is 0 Å². The van der Waals surface area contributed by atoms with Gasteiger partial charge in [-0.1, -0.05) is 41.9 Å². The lowest BCUT2D eigenvalue weighted by molar-refractivity contribution is -0.139. The largest absolute Gasteiger partial charge is 0.352 e. The smallest absolute Gasteiger partial charge is 0.304 e. The van der Waals surface area contributed by atoms with E-state index in [9.17, 15) is 18.0 Å². The van der Waals surface area contributed by atoms with Crippen molar-refractivity contribution in [3.8, 4) is 0 Å². The molecule has 0 aromatic heterocycles. The first-order valence-electron chi connectivity index (χ1n) is 10.5. The zero-order chi connectivity index (χ0) is 24.8. The Morgan fingerprint density at radius 3 is 2.18 bits per heavy atom. The number of amides is 2. The highest BCUT2D eigenvalue weighted by Crippen LogP contribution is 2.21. The summed E-state index contributed by atoms with van der Waals surface area (Å²) in [6, 6.07) is 14.4. The summed E-state index contributed by atoms with van der Waals surface area (Å²) >= 11 is 6.10. The molecule has 180 valence electrons. The van der Waals surface area contributed by atoms with E-state index in [1.54, 1.807) is 61.5 Å². The fraction of sp³-hybridized carbons (Fsp3) is 0.391. The lowest BCUT2D eigenvalue weighted by Gasteiger charge is -2.33. The Kier molecular flexibility index (Phi) is 9.27. The molecule has 2 aromatic carbocycles. The van der Waals surface area contributed by atoms with E-state index in [2.05, 4.69) is 5.32 Å². The van der Waals surface area contributed by atoms with E-state index >= 15 is 0 Å². The molecule has 1 unspecified atom stereocenters. The van der Waals surface area contributed by atoms with Crippen molar-refractivity contribution < 1.29 is 18.0 Å². The summed E-state index contributed by atoms with van der Waals surface area (Å²) in [5.74, 6) is -0.849. The first kappa shape index (κ1) is 26.6. The Morgan fingerprint density at radius 1 is 1.00 bits per heavy atom. The molecule has 0 aliphatic rings. The molecule has 0 heterocycles. The summed E-state index contributed by atoms with van der Waals surface area (Å²) in [4.78, 5) is 27.6. The maximum Gasteiger partial charge on any atom is 0.304 e. The van der Waals surface area contributed by atoms with Crippen LogP contribution in [-0.2, 0) is 26.3 Å². The molecule has 8 nitrogen and oxygen atoms in total. The topological polar surface area (TPSA) is 90.0 Å². The van der Waals surface area contributed by atoms with Gasteiger partial charge in [0.05, 0.1) is 5.69 Å². The van der Waals surface area contributed by atoms with Gasteiger partial charge < -0.3 is 10.2 Å². The van der Waals surface area contributed by atoms with Gasteiger partial charge in [0.25, 0.3) is 0 Å². The normalized spacial score (nSPS) is 12.5. The zero-order valence-electron chi connectivity index (χ0n) is 19.5. The van der Waals surface area contributed by atoms with Gasteiger partial charge in [0.1, 0.15) is 12.6 Å². The molecule has 0 aliphatic carbocycles. The van der Waals surface area contributed by atoms with Crippen molar-refractivity contribution in [2.24, 2.45) is 0 Å². The molecular formula is C23H31ClN4O4S. The van der Waals surface area contributed by atoms with Crippen LogP contribution in [0.15, 0.2) is 54.6 Å². The number of hydrogen-bond acceptors (Lipinski definition) is 4. The Balaban J connectivity index is 2.43. The number of benzene rings is 2. The number of halogens is 1. The van der Waals surface area contributed by atoms with Gasteiger partial charge in [-0.25, -0.2) is 4.31 Å². The molecule has 0 saturated carbocycles. The van der Waals surface area contributed by atoms with Crippen molar-refractivity contribution >= 4 is 39.3 Å². The molecule has 0 saturated heterocycles. The van der Waals surface area contributed by atoms with Gasteiger partial charge in [-0.2, -0.15) is 12.7 Å². The van der Waals surface area contributed by atoms with Gasteiger partial charge in [-0.05, 0) is 50.6 Å². The van der Waals surface area contributed by atoms with E-state index in [1.165, 1.54) is 19.0 Å². The summed E-state index contributed by atoms with van der Waals surface area (Å²) in [6.45, 7) is 4.90. The van der Waals surface area contributed by atoms with Gasteiger partial charge >= 0.3 is 10.2 Å². The van der Waals surface area contributed by atoms with Gasteiger partial charge in [0.15, 0.2) is 0 Å². The van der Waals surface area contributed by atoms with Crippen LogP contribution in [0.1, 0.15) is 26.3 Å². The summed E-state index contributed by atoms with van der Waals surface area (Å²) in [6.07, 6.45) is 0. The summed E-state index contributed by atoms with van der Waals surface area (Å²) in [7, 11) is -1.17. The first-order chi connectivity index (χ1) is 15.4. The van der Waals surface area contributed by atoms with Crippen molar-refractivity contribution in [1.29, 1.82) is 0 Å². The Hall–Kier alpha value is -2.62. The number of rotatable bonds is 10. The highest BCUT2D eigenvalue weighted by Gasteiger charge is 2.32. The second-order valence-electron chi connectivity index (χ2n) is 8.12. The van der Waals surface area contributed by atoms with Crippen molar-refractivity contribution in [2.75, 3.05) is 24.9 Å². The van der Waals surface area contributed by atoms with Gasteiger partial charge in [0, 0.05) is 31.7 Å². The highest BCUT2D eigenvalue weighted by molar-refractivity contribution is 7.90. The minimum absolute atomic E-state index is 0.0940. The maximum atomic E-state index is 13.5. The Morgan fingerprint density at radius 2 is 1.64 bits per heavy atom. The van der Waals surface area contributed by atoms with Crippen LogP contribution < -0.4 is 9.62 Å². The predicted molar refractivity (Wildman–Crippen MR) is 131 cm³/mol. The average molecular weight is 495 g/mol. The monoisotopic (exact) mass is 494 g/mol. The van der Waals surface area contributed by atoms with Gasteiger partial charge in [0.2, 0.25) is 11.8 Å². The van der Waals surface area contributed by atoms with Crippen LogP contribution in [0.25, 0.3) is 0 Å². The van der Waals surface area contributed by atoms with E-state index in [0.717, 1.165) is 14.2 Å². The number of nitrogens with one attached hydrogen (secondary N) is 1. The lowest BCUT2D eigenvalue weighted by Crippen LogP contribution is -2.53. The zero-order valence-corrected chi connectivity index (χ0v) is 21.1. The first-order valence-corrected chi connectivity index (χ1v) is 12.3. The minimum Gasteiger partial charge on any atom is -0.352 e. The molecule has 10 heteroatoms. The second-order valence-corrected chi connectivity index (χ2v) is 10.6. The number of carbonyl (C=O) groups excluding carboxylic acids is 2. The lowest BCUT2D eigenvalue weighted by atomic mass is 10.1. The highest BCUT2D eigenvalue weighted by atomic mass is 35.5. The Labute approximate surface area is 201 Å². The average Bonchev–Trinajstić information content (AvgIpc) is 2.75. The van der Waals surface area contributed by atoms with Crippen LogP contribution in [0.3, 0.4) is 0 Å². The molecule has 0 bridgehead atoms. The van der Waals surface area contributed by atoms with E-state index in [0.29, 0.717) is 10.7 Å². The molecule has 0 fully saturated rings. The number of para-hydroxylation sites is 1. The quantitative estimate of drug-likeness (QED) is 0.550. The fourth-order valence-electron chi connectivity index (χ4n) is 3.13. The predicted octanol–water partition coefficient (Wildman–Crippen LogP) is 2.89. The number of carbonyl (C=O) groups is 2. The van der Waals surface area contributed by atoms with E-state index in [4.69, 9.17) is 11.6 Å². The Bertz CT molecular complexity index is 1060. The van der Waals surface area contributed by atoms with Crippen molar-refractivity contribution in [2.45, 2.75) is 39.4 Å². The summed E-state index contributed by atoms with van der Waals surface area (Å²) in [5, 5.41) is 3.31. The molecule has 0 radical (unpaired) electrons. The minimum atomic E-state index is -3.97. The van der Waals surface area contributed by atoms with Gasteiger partial charge in [-0.15, -0.1) is 0 Å². The summed E-state index contributed by atoms with van der Waals surface area (Å²) in [5.41, 5.74) is 1.07. The third kappa shape index (κ3) is 7.18. The van der Waals surface area contributed by atoms with Crippen LogP contribution in [0.2, 0.25) is 5.02 Å².